The van der Waals surface area contributed by atoms with Crippen LogP contribution < -0.4 is 15.5 Å². The number of hydrogen-bond acceptors (Lipinski definition) is 12. The molecule has 0 radical (unpaired) electrons. The van der Waals surface area contributed by atoms with Crippen molar-refractivity contribution < 1.29 is 28.8 Å². The monoisotopic (exact) mass is 1080 g/mol. The Hall–Kier alpha value is -7.20. The van der Waals surface area contributed by atoms with Gasteiger partial charge in [0.15, 0.2) is 0 Å². The molecule has 15 heteroatoms. The third-order valence-corrected chi connectivity index (χ3v) is 16.3. The Kier molecular flexibility index (Phi) is 18.6. The minimum Gasteiger partial charge on any atom is -0.385 e. The number of nitrogens with one attached hydrogen (secondary N) is 2. The van der Waals surface area contributed by atoms with E-state index in [0.29, 0.717) is 78.7 Å². The van der Waals surface area contributed by atoms with Gasteiger partial charge in [-0.2, -0.15) is 0 Å². The van der Waals surface area contributed by atoms with Gasteiger partial charge in [0, 0.05) is 148 Å². The standard InChI is InChI=1S/C22H27N3O2.C22H29N3O2.C21H25N3O2/c1-24(2)13-14-25-21(26)17-10-6-9-16-19(23-15-7-4-3-5-8-15)12-11-18(20(16)17)22(25)27;1-4-5-6-7-13-23-19-12-11-18-20-16(19)9-8-10-17(20)21(26)25(22(18)27)15-14-24(2)3;1-22(2)13-14-24-20(25)16-8-6-7-15-18(23-11-4-3-5-12-23)10-9-17(19(15)16)21(24)26/h6,9-12,15,23H,3-5,7-8,13-14H2,1-2H3;8-12,23H,4-7,13-15H2,1-3H3;6-10H,3-5,11-14H2,1-2H3. The maximum absolute atomic E-state index is 13.0. The first-order chi connectivity index (χ1) is 38.7. The molecule has 0 atom stereocenters. The predicted octanol–water partition coefficient (Wildman–Crippen LogP) is 10.7. The van der Waals surface area contributed by atoms with Crippen LogP contribution in [0.2, 0.25) is 0 Å². The average molecular weight is 1080 g/mol. The number of anilines is 3. The second-order valence-corrected chi connectivity index (χ2v) is 22.8. The molecule has 0 aromatic heterocycles. The second-order valence-electron chi connectivity index (χ2n) is 22.8. The lowest BCUT2D eigenvalue weighted by Gasteiger charge is -2.32. The van der Waals surface area contributed by atoms with Crippen LogP contribution in [0.4, 0.5) is 17.1 Å². The molecular formula is C65H81N9O6. The Morgan fingerprint density at radius 2 is 0.838 bits per heavy atom. The molecule has 1 aliphatic carbocycles. The van der Waals surface area contributed by atoms with Gasteiger partial charge in [0.05, 0.1) is 0 Å². The van der Waals surface area contributed by atoms with Crippen LogP contribution in [-0.4, -0.2) is 172 Å². The zero-order valence-corrected chi connectivity index (χ0v) is 48.2. The van der Waals surface area contributed by atoms with Crippen LogP contribution >= 0.6 is 0 Å². The topological polar surface area (TPSA) is 149 Å². The minimum absolute atomic E-state index is 0.175. The van der Waals surface area contributed by atoms with Gasteiger partial charge >= 0.3 is 0 Å². The van der Waals surface area contributed by atoms with Gasteiger partial charge < -0.3 is 30.2 Å². The minimum atomic E-state index is -0.194. The number of amides is 6. The number of piperidine rings is 1. The normalized spacial score (nSPS) is 16.3. The number of benzene rings is 6. The van der Waals surface area contributed by atoms with Crippen molar-refractivity contribution in [3.8, 4) is 0 Å². The molecular weight excluding hydrogens is 1000 g/mol. The fourth-order valence-corrected chi connectivity index (χ4v) is 11.9. The van der Waals surface area contributed by atoms with E-state index in [4.69, 9.17) is 0 Å². The summed E-state index contributed by atoms with van der Waals surface area (Å²) in [5.41, 5.74) is 6.98. The van der Waals surface area contributed by atoms with Gasteiger partial charge in [-0.15, -0.1) is 0 Å². The zero-order chi connectivity index (χ0) is 56.6. The highest BCUT2D eigenvalue weighted by molar-refractivity contribution is 6.29. The molecule has 0 spiro atoms. The highest BCUT2D eigenvalue weighted by atomic mass is 16.2. The van der Waals surface area contributed by atoms with E-state index in [1.54, 1.807) is 0 Å². The summed E-state index contributed by atoms with van der Waals surface area (Å²) in [6.07, 6.45) is 14.6. The highest BCUT2D eigenvalue weighted by Crippen LogP contribution is 2.39. The van der Waals surface area contributed by atoms with Crippen molar-refractivity contribution in [2.75, 3.05) is 117 Å². The van der Waals surface area contributed by atoms with E-state index >= 15 is 0 Å². The largest absolute Gasteiger partial charge is 0.385 e. The molecule has 4 heterocycles. The summed E-state index contributed by atoms with van der Waals surface area (Å²) >= 11 is 0. The van der Waals surface area contributed by atoms with E-state index in [0.717, 1.165) is 75.4 Å². The molecule has 1 saturated carbocycles. The molecule has 5 aliphatic rings. The molecule has 80 heavy (non-hydrogen) atoms. The summed E-state index contributed by atoms with van der Waals surface area (Å²) in [6, 6.07) is 29.5. The average Bonchev–Trinajstić information content (AvgIpc) is 3.66. The zero-order valence-electron chi connectivity index (χ0n) is 48.2. The Bertz CT molecular complexity index is 3220. The number of imide groups is 3. The van der Waals surface area contributed by atoms with Crippen molar-refractivity contribution in [1.82, 2.24) is 29.4 Å². The lowest BCUT2D eigenvalue weighted by Crippen LogP contribution is -2.43. The SMILES string of the molecule is CCCCCCNc1ccc2c3c(cccc13)C(=O)N(CCN(C)C)C2=O.CN(C)CCN1C(=O)c2cccc3c(N4CCCCC4)ccc(c23)C1=O.CN(C)CCN1C(=O)c2cccc3c(NC4CCCCC4)ccc(c23)C1=O. The molecule has 2 N–H and O–H groups in total. The van der Waals surface area contributed by atoms with Gasteiger partial charge in [-0.3, -0.25) is 43.5 Å². The molecule has 11 rings (SSSR count). The molecule has 2 fully saturated rings. The van der Waals surface area contributed by atoms with Gasteiger partial charge in [0.1, 0.15) is 0 Å². The van der Waals surface area contributed by atoms with Crippen LogP contribution in [-0.2, 0) is 0 Å². The number of unbranched alkanes of at least 4 members (excludes halogenated alkanes) is 3. The van der Waals surface area contributed by atoms with E-state index < -0.39 is 0 Å². The molecule has 422 valence electrons. The highest BCUT2D eigenvalue weighted by Gasteiger charge is 2.36. The van der Waals surface area contributed by atoms with E-state index in [1.165, 1.54) is 85.3 Å². The van der Waals surface area contributed by atoms with Crippen molar-refractivity contribution in [1.29, 1.82) is 0 Å². The summed E-state index contributed by atoms with van der Waals surface area (Å²) in [5.74, 6) is -1.11. The fourth-order valence-electron chi connectivity index (χ4n) is 11.9. The van der Waals surface area contributed by atoms with E-state index in [2.05, 4.69) is 28.5 Å². The first-order valence-electron chi connectivity index (χ1n) is 29.1. The van der Waals surface area contributed by atoms with Gasteiger partial charge in [0.25, 0.3) is 35.4 Å². The van der Waals surface area contributed by atoms with Crippen molar-refractivity contribution in [2.45, 2.75) is 90.0 Å². The molecule has 6 aromatic rings. The van der Waals surface area contributed by atoms with Crippen LogP contribution in [0.3, 0.4) is 0 Å². The molecule has 1 saturated heterocycles. The summed E-state index contributed by atoms with van der Waals surface area (Å²) in [6.45, 7) is 8.36. The lowest BCUT2D eigenvalue weighted by molar-refractivity contribution is 0.0585. The van der Waals surface area contributed by atoms with Crippen LogP contribution in [0.15, 0.2) is 91.0 Å². The summed E-state index contributed by atoms with van der Waals surface area (Å²) in [4.78, 5) is 90.3. The number of carbonyl (C=O) groups excluding carboxylic acids is 6. The first-order valence-corrected chi connectivity index (χ1v) is 29.1. The lowest BCUT2D eigenvalue weighted by atomic mass is 9.91. The van der Waals surface area contributed by atoms with E-state index in [9.17, 15) is 28.8 Å². The van der Waals surface area contributed by atoms with E-state index in [-0.39, 0.29) is 35.4 Å². The van der Waals surface area contributed by atoms with Gasteiger partial charge in [-0.1, -0.05) is 81.8 Å². The molecule has 0 bridgehead atoms. The van der Waals surface area contributed by atoms with Gasteiger partial charge in [-0.25, -0.2) is 0 Å². The van der Waals surface area contributed by atoms with Crippen molar-refractivity contribution in [2.24, 2.45) is 0 Å². The van der Waals surface area contributed by atoms with Gasteiger partial charge in [0.2, 0.25) is 0 Å². The Balaban J connectivity index is 0.000000145. The first kappa shape index (κ1) is 57.5. The molecule has 6 amide bonds. The number of likely N-dealkylation sites (N-methyl/N-ethyl adjacent to an activating group) is 3. The molecule has 4 aliphatic heterocycles. The number of rotatable bonds is 18. The van der Waals surface area contributed by atoms with E-state index in [1.807, 2.05) is 142 Å². The third kappa shape index (κ3) is 12.3. The van der Waals surface area contributed by atoms with Crippen LogP contribution in [0, 0.1) is 0 Å². The molecule has 6 aromatic carbocycles. The predicted molar refractivity (Wildman–Crippen MR) is 323 cm³/mol. The summed E-state index contributed by atoms with van der Waals surface area (Å²) in [7, 11) is 11.6. The van der Waals surface area contributed by atoms with Gasteiger partial charge in [-0.05, 0) is 135 Å². The summed E-state index contributed by atoms with van der Waals surface area (Å²) in [5, 5.41) is 12.5. The van der Waals surface area contributed by atoms with Crippen molar-refractivity contribution in [3.05, 3.63) is 124 Å². The van der Waals surface area contributed by atoms with Crippen LogP contribution in [0.25, 0.3) is 32.3 Å². The van der Waals surface area contributed by atoms with Crippen molar-refractivity contribution in [3.63, 3.8) is 0 Å². The Morgan fingerprint density at radius 1 is 0.438 bits per heavy atom. The Morgan fingerprint density at radius 3 is 1.30 bits per heavy atom. The second kappa shape index (κ2) is 25.9. The summed E-state index contributed by atoms with van der Waals surface area (Å²) < 4.78 is 0. The fraction of sp³-hybridized carbons (Fsp3) is 0.446. The molecule has 15 nitrogen and oxygen atoms in total. The van der Waals surface area contributed by atoms with Crippen LogP contribution in [0.5, 0.6) is 0 Å². The third-order valence-electron chi connectivity index (χ3n) is 16.3. The molecule has 0 unspecified atom stereocenters. The maximum Gasteiger partial charge on any atom is 0.261 e. The maximum atomic E-state index is 13.0. The van der Waals surface area contributed by atoms with Crippen molar-refractivity contribution >= 4 is 84.8 Å². The number of hydrogen-bond donors (Lipinski definition) is 2. The number of carbonyl (C=O) groups is 6. The Labute approximate surface area is 472 Å². The number of nitrogens with zero attached hydrogens (tertiary/aromatic N) is 7. The quantitative estimate of drug-likeness (QED) is 0.0623. The smallest absolute Gasteiger partial charge is 0.261 e. The van der Waals surface area contributed by atoms with Crippen LogP contribution in [0.1, 0.15) is 146 Å².